The number of hydrogen-bond donors (Lipinski definition) is 2. The molecule has 4 nitrogen and oxygen atoms in total. The van der Waals surface area contributed by atoms with Gasteiger partial charge in [0.25, 0.3) is 0 Å². The normalized spacial score (nSPS) is 11.3. The van der Waals surface area contributed by atoms with E-state index in [9.17, 15) is 0 Å². The summed E-state index contributed by atoms with van der Waals surface area (Å²) in [6.07, 6.45) is 1.09. The van der Waals surface area contributed by atoms with E-state index in [1.807, 2.05) is 7.05 Å². The largest absolute Gasteiger partial charge is 0.356 e. The molecule has 2 rings (SSSR count). The molecule has 2 N–H and O–H groups in total. The van der Waals surface area contributed by atoms with Crippen molar-refractivity contribution in [2.75, 3.05) is 27.2 Å². The number of thiophene rings is 1. The Balaban J connectivity index is 0.00000312. The van der Waals surface area contributed by atoms with Crippen molar-refractivity contribution in [1.29, 1.82) is 0 Å². The quantitative estimate of drug-likeness (QED) is 0.265. The fourth-order valence-corrected chi connectivity index (χ4v) is 3.35. The van der Waals surface area contributed by atoms with Crippen LogP contribution in [0.15, 0.2) is 46.8 Å². The Morgan fingerprint density at radius 3 is 2.56 bits per heavy atom. The van der Waals surface area contributed by atoms with E-state index in [1.165, 1.54) is 16.0 Å². The summed E-state index contributed by atoms with van der Waals surface area (Å²) in [4.78, 5) is 8.00. The van der Waals surface area contributed by atoms with Gasteiger partial charge in [0.2, 0.25) is 0 Å². The van der Waals surface area contributed by atoms with Gasteiger partial charge in [0, 0.05) is 25.0 Å². The van der Waals surface area contributed by atoms with Crippen LogP contribution in [0.1, 0.15) is 22.4 Å². The molecule has 0 saturated carbocycles. The molecule has 0 spiro atoms. The van der Waals surface area contributed by atoms with E-state index in [2.05, 4.69) is 76.3 Å². The molecule has 0 radical (unpaired) electrons. The second-order valence-electron chi connectivity index (χ2n) is 5.96. The molecule has 1 aromatic carbocycles. The number of halogens is 1. The number of hydrogen-bond acceptors (Lipinski definition) is 3. The first kappa shape index (κ1) is 21.9. The number of nitrogens with one attached hydrogen (secondary N) is 2. The first-order chi connectivity index (χ1) is 11.7. The molecule has 25 heavy (non-hydrogen) atoms. The Morgan fingerprint density at radius 2 is 1.92 bits per heavy atom. The van der Waals surface area contributed by atoms with Crippen LogP contribution in [0.2, 0.25) is 0 Å². The van der Waals surface area contributed by atoms with Crippen LogP contribution in [0.5, 0.6) is 0 Å². The van der Waals surface area contributed by atoms with E-state index >= 15 is 0 Å². The number of benzene rings is 1. The van der Waals surface area contributed by atoms with Gasteiger partial charge in [-0.15, -0.1) is 35.3 Å². The van der Waals surface area contributed by atoms with Crippen LogP contribution in [0.3, 0.4) is 0 Å². The molecular formula is C19H29IN4S. The van der Waals surface area contributed by atoms with Crippen LogP contribution in [-0.4, -0.2) is 38.0 Å². The highest BCUT2D eigenvalue weighted by atomic mass is 127. The highest BCUT2D eigenvalue weighted by molar-refractivity contribution is 14.0. The van der Waals surface area contributed by atoms with Crippen molar-refractivity contribution in [2.45, 2.75) is 26.4 Å². The third kappa shape index (κ3) is 8.20. The van der Waals surface area contributed by atoms with Crippen LogP contribution >= 0.6 is 35.3 Å². The molecule has 0 fully saturated rings. The maximum absolute atomic E-state index is 4.29. The summed E-state index contributed by atoms with van der Waals surface area (Å²) in [5, 5.41) is 8.89. The topological polar surface area (TPSA) is 39.7 Å². The SMILES string of the molecule is CN=C(NCCCN(C)Cc1ccccc1)NCc1sccc1C.I. The molecule has 0 bridgehead atoms. The van der Waals surface area contributed by atoms with E-state index in [4.69, 9.17) is 0 Å². The number of aryl methyl sites for hydroxylation is 1. The maximum atomic E-state index is 4.29. The Bertz CT molecular complexity index is 627. The zero-order valence-electron chi connectivity index (χ0n) is 15.3. The lowest BCUT2D eigenvalue weighted by Gasteiger charge is -2.17. The van der Waals surface area contributed by atoms with Gasteiger partial charge < -0.3 is 15.5 Å². The zero-order valence-corrected chi connectivity index (χ0v) is 18.4. The molecule has 0 atom stereocenters. The van der Waals surface area contributed by atoms with Crippen molar-refractivity contribution in [2.24, 2.45) is 4.99 Å². The molecule has 0 unspecified atom stereocenters. The van der Waals surface area contributed by atoms with Gasteiger partial charge in [-0.3, -0.25) is 4.99 Å². The minimum atomic E-state index is 0. The lowest BCUT2D eigenvalue weighted by Crippen LogP contribution is -2.38. The summed E-state index contributed by atoms with van der Waals surface area (Å²) in [5.74, 6) is 0.869. The average Bonchev–Trinajstić information content (AvgIpc) is 3.00. The molecule has 0 aliphatic heterocycles. The second kappa shape index (κ2) is 12.3. The van der Waals surface area contributed by atoms with Crippen molar-refractivity contribution in [3.63, 3.8) is 0 Å². The first-order valence-electron chi connectivity index (χ1n) is 8.39. The van der Waals surface area contributed by atoms with Gasteiger partial charge in [-0.05, 0) is 49.5 Å². The fourth-order valence-electron chi connectivity index (χ4n) is 2.50. The number of rotatable bonds is 8. The molecule has 2 aromatic rings. The van der Waals surface area contributed by atoms with Gasteiger partial charge in [0.15, 0.2) is 5.96 Å². The van der Waals surface area contributed by atoms with Crippen LogP contribution < -0.4 is 10.6 Å². The number of nitrogens with zero attached hydrogens (tertiary/aromatic N) is 2. The van der Waals surface area contributed by atoms with Crippen molar-refractivity contribution < 1.29 is 0 Å². The van der Waals surface area contributed by atoms with E-state index in [0.29, 0.717) is 0 Å². The van der Waals surface area contributed by atoms with E-state index in [0.717, 1.165) is 38.6 Å². The number of guanidine groups is 1. The van der Waals surface area contributed by atoms with Crippen LogP contribution in [0, 0.1) is 6.92 Å². The monoisotopic (exact) mass is 472 g/mol. The van der Waals surface area contributed by atoms with Gasteiger partial charge in [-0.1, -0.05) is 30.3 Å². The lowest BCUT2D eigenvalue weighted by molar-refractivity contribution is 0.322. The Morgan fingerprint density at radius 1 is 1.16 bits per heavy atom. The van der Waals surface area contributed by atoms with E-state index in [1.54, 1.807) is 11.3 Å². The van der Waals surface area contributed by atoms with Crippen molar-refractivity contribution in [3.05, 3.63) is 57.8 Å². The molecule has 6 heteroatoms. The summed E-state index contributed by atoms with van der Waals surface area (Å²) < 4.78 is 0. The lowest BCUT2D eigenvalue weighted by atomic mass is 10.2. The molecule has 0 aliphatic rings. The minimum Gasteiger partial charge on any atom is -0.356 e. The summed E-state index contributed by atoms with van der Waals surface area (Å²) in [6, 6.07) is 12.7. The third-order valence-corrected chi connectivity index (χ3v) is 4.94. The van der Waals surface area contributed by atoms with Gasteiger partial charge in [0.1, 0.15) is 0 Å². The van der Waals surface area contributed by atoms with Crippen LogP contribution in [0.4, 0.5) is 0 Å². The molecular weight excluding hydrogens is 443 g/mol. The Labute approximate surface area is 172 Å². The second-order valence-corrected chi connectivity index (χ2v) is 6.96. The third-order valence-electron chi connectivity index (χ3n) is 3.91. The zero-order chi connectivity index (χ0) is 17.2. The number of aliphatic imine (C=N–C) groups is 1. The smallest absolute Gasteiger partial charge is 0.191 e. The van der Waals surface area contributed by atoms with Crippen molar-refractivity contribution >= 4 is 41.3 Å². The summed E-state index contributed by atoms with van der Waals surface area (Å²) in [7, 11) is 3.98. The molecule has 0 aliphatic carbocycles. The summed E-state index contributed by atoms with van der Waals surface area (Å²) in [6.45, 7) is 5.94. The molecule has 138 valence electrons. The van der Waals surface area contributed by atoms with Crippen LogP contribution in [-0.2, 0) is 13.1 Å². The van der Waals surface area contributed by atoms with E-state index in [-0.39, 0.29) is 24.0 Å². The maximum Gasteiger partial charge on any atom is 0.191 e. The van der Waals surface area contributed by atoms with Crippen molar-refractivity contribution in [1.82, 2.24) is 15.5 Å². The Kier molecular flexibility index (Phi) is 10.8. The minimum absolute atomic E-state index is 0. The van der Waals surface area contributed by atoms with Gasteiger partial charge in [0.05, 0.1) is 6.54 Å². The van der Waals surface area contributed by atoms with Gasteiger partial charge in [-0.2, -0.15) is 0 Å². The van der Waals surface area contributed by atoms with E-state index < -0.39 is 0 Å². The summed E-state index contributed by atoms with van der Waals surface area (Å²) in [5.41, 5.74) is 2.70. The molecule has 1 aromatic heterocycles. The van der Waals surface area contributed by atoms with Crippen molar-refractivity contribution in [3.8, 4) is 0 Å². The Hall–Kier alpha value is -1.12. The van der Waals surface area contributed by atoms with Gasteiger partial charge >= 0.3 is 0 Å². The molecule has 1 heterocycles. The standard InChI is InChI=1S/C19H28N4S.HI/c1-16-10-13-24-18(16)14-22-19(20-2)21-11-7-12-23(3)15-17-8-5-4-6-9-17;/h4-6,8-10,13H,7,11-12,14-15H2,1-3H3,(H2,20,21,22);1H. The predicted molar refractivity (Wildman–Crippen MR) is 120 cm³/mol. The van der Waals surface area contributed by atoms with Gasteiger partial charge in [-0.25, -0.2) is 0 Å². The average molecular weight is 472 g/mol. The first-order valence-corrected chi connectivity index (χ1v) is 9.27. The van der Waals surface area contributed by atoms with Crippen LogP contribution in [0.25, 0.3) is 0 Å². The fraction of sp³-hybridized carbons (Fsp3) is 0.421. The summed E-state index contributed by atoms with van der Waals surface area (Å²) >= 11 is 1.78. The molecule has 0 amide bonds. The highest BCUT2D eigenvalue weighted by Gasteiger charge is 2.03. The highest BCUT2D eigenvalue weighted by Crippen LogP contribution is 2.14. The predicted octanol–water partition coefficient (Wildman–Crippen LogP) is 3.86. The molecule has 0 saturated heterocycles.